The molecule has 19 heavy (non-hydrogen) atoms. The molecule has 0 unspecified atom stereocenters. The molecule has 0 aliphatic carbocycles. The molecular formula is C12H13F3N2O2. The van der Waals surface area contributed by atoms with E-state index in [4.69, 9.17) is 0 Å². The molecule has 1 aliphatic heterocycles. The molecule has 1 aliphatic rings. The van der Waals surface area contributed by atoms with Crippen molar-refractivity contribution >= 4 is 5.91 Å². The summed E-state index contributed by atoms with van der Waals surface area (Å²) >= 11 is 0. The lowest BCUT2D eigenvalue weighted by atomic mass is 10.2. The molecule has 1 fully saturated rings. The largest absolute Gasteiger partial charge is 0.573 e. The highest BCUT2D eigenvalue weighted by Crippen LogP contribution is 2.22. The second-order valence-corrected chi connectivity index (χ2v) is 4.24. The van der Waals surface area contributed by atoms with E-state index >= 15 is 0 Å². The summed E-state index contributed by atoms with van der Waals surface area (Å²) in [6.45, 7) is 1.56. The smallest absolute Gasteiger partial charge is 0.406 e. The second-order valence-electron chi connectivity index (χ2n) is 4.24. The third-order valence-electron chi connectivity index (χ3n) is 2.75. The molecule has 0 spiro atoms. The van der Waals surface area contributed by atoms with E-state index in [1.807, 2.05) is 0 Å². The van der Waals surface area contributed by atoms with Crippen molar-refractivity contribution in [2.45, 2.75) is 18.8 Å². The van der Waals surface area contributed by atoms with Crippen LogP contribution in [0.25, 0.3) is 0 Å². The number of hydrogen-bond acceptors (Lipinski definition) is 3. The van der Waals surface area contributed by atoms with Crippen LogP contribution in [0.1, 0.15) is 16.8 Å². The van der Waals surface area contributed by atoms with Gasteiger partial charge in [0, 0.05) is 18.2 Å². The summed E-state index contributed by atoms with van der Waals surface area (Å²) in [5.74, 6) is -0.640. The molecule has 1 atom stereocenters. The molecule has 0 bridgehead atoms. The maximum atomic E-state index is 12.0. The zero-order valence-electron chi connectivity index (χ0n) is 9.96. The minimum Gasteiger partial charge on any atom is -0.406 e. The van der Waals surface area contributed by atoms with Crippen LogP contribution in [0.2, 0.25) is 0 Å². The number of halogens is 3. The summed E-state index contributed by atoms with van der Waals surface area (Å²) in [7, 11) is 0. The molecule has 1 heterocycles. The summed E-state index contributed by atoms with van der Waals surface area (Å²) < 4.78 is 39.6. The molecule has 104 valence electrons. The van der Waals surface area contributed by atoms with Crippen LogP contribution in [0.15, 0.2) is 24.3 Å². The molecule has 1 aromatic rings. The van der Waals surface area contributed by atoms with Crippen molar-refractivity contribution in [2.75, 3.05) is 13.1 Å². The number of alkyl halides is 3. The van der Waals surface area contributed by atoms with E-state index < -0.39 is 6.36 Å². The van der Waals surface area contributed by atoms with Gasteiger partial charge in [0.25, 0.3) is 5.91 Å². The first-order valence-electron chi connectivity index (χ1n) is 5.81. The van der Waals surface area contributed by atoms with Gasteiger partial charge in [-0.15, -0.1) is 13.2 Å². The topological polar surface area (TPSA) is 50.4 Å². The van der Waals surface area contributed by atoms with E-state index in [1.165, 1.54) is 12.1 Å². The fourth-order valence-corrected chi connectivity index (χ4v) is 1.85. The summed E-state index contributed by atoms with van der Waals surface area (Å²) in [6, 6.07) is 4.92. The van der Waals surface area contributed by atoms with Crippen molar-refractivity contribution in [1.29, 1.82) is 0 Å². The Bertz CT molecular complexity index is 439. The van der Waals surface area contributed by atoms with Crippen LogP contribution < -0.4 is 15.4 Å². The Hall–Kier alpha value is -1.76. The van der Waals surface area contributed by atoms with Gasteiger partial charge in [-0.05, 0) is 37.2 Å². The first-order chi connectivity index (χ1) is 8.94. The van der Waals surface area contributed by atoms with E-state index in [2.05, 4.69) is 15.4 Å². The average Bonchev–Trinajstić information content (AvgIpc) is 2.80. The van der Waals surface area contributed by atoms with Gasteiger partial charge in [0.1, 0.15) is 5.75 Å². The van der Waals surface area contributed by atoms with Crippen molar-refractivity contribution < 1.29 is 22.7 Å². The molecule has 2 N–H and O–H groups in total. The predicted molar refractivity (Wildman–Crippen MR) is 61.9 cm³/mol. The number of benzene rings is 1. The highest BCUT2D eigenvalue weighted by molar-refractivity contribution is 5.94. The summed E-state index contributed by atoms with van der Waals surface area (Å²) in [5, 5.41) is 5.90. The van der Waals surface area contributed by atoms with Gasteiger partial charge in [0.2, 0.25) is 0 Å². The highest BCUT2D eigenvalue weighted by atomic mass is 19.4. The van der Waals surface area contributed by atoms with Gasteiger partial charge in [-0.1, -0.05) is 0 Å². The van der Waals surface area contributed by atoms with Crippen LogP contribution in [0.5, 0.6) is 5.75 Å². The summed E-state index contributed by atoms with van der Waals surface area (Å²) in [6.07, 6.45) is -3.87. The number of rotatable bonds is 3. The quantitative estimate of drug-likeness (QED) is 0.881. The molecule has 2 rings (SSSR count). The van der Waals surface area contributed by atoms with Crippen molar-refractivity contribution in [3.05, 3.63) is 29.8 Å². The van der Waals surface area contributed by atoms with Crippen LogP contribution in [0, 0.1) is 0 Å². The van der Waals surface area contributed by atoms with Crippen molar-refractivity contribution in [3.8, 4) is 5.75 Å². The average molecular weight is 274 g/mol. The van der Waals surface area contributed by atoms with Gasteiger partial charge in [0.15, 0.2) is 0 Å². The zero-order valence-corrected chi connectivity index (χ0v) is 9.96. The minimum absolute atomic E-state index is 0.0681. The fraction of sp³-hybridized carbons (Fsp3) is 0.417. The molecule has 0 radical (unpaired) electrons. The molecule has 1 saturated heterocycles. The van der Waals surface area contributed by atoms with Crippen LogP contribution in [0.4, 0.5) is 13.2 Å². The Labute approximate surface area is 107 Å². The third-order valence-corrected chi connectivity index (χ3v) is 2.75. The van der Waals surface area contributed by atoms with E-state index in [0.29, 0.717) is 12.1 Å². The van der Waals surface area contributed by atoms with Gasteiger partial charge in [0.05, 0.1) is 0 Å². The van der Waals surface area contributed by atoms with E-state index in [0.717, 1.165) is 25.1 Å². The van der Waals surface area contributed by atoms with E-state index in [1.54, 1.807) is 0 Å². The lowest BCUT2D eigenvalue weighted by Crippen LogP contribution is -2.36. The number of hydrogen-bond donors (Lipinski definition) is 2. The van der Waals surface area contributed by atoms with Gasteiger partial charge in [-0.2, -0.15) is 0 Å². The highest BCUT2D eigenvalue weighted by Gasteiger charge is 2.31. The number of carbonyl (C=O) groups is 1. The SMILES string of the molecule is O=C(N[C@H]1CCNC1)c1ccc(OC(F)(F)F)cc1. The van der Waals surface area contributed by atoms with Crippen LogP contribution >= 0.6 is 0 Å². The van der Waals surface area contributed by atoms with E-state index in [9.17, 15) is 18.0 Å². The number of amides is 1. The van der Waals surface area contributed by atoms with Gasteiger partial charge < -0.3 is 15.4 Å². The Morgan fingerprint density at radius 1 is 1.32 bits per heavy atom. The van der Waals surface area contributed by atoms with Crippen molar-refractivity contribution in [1.82, 2.24) is 10.6 Å². The van der Waals surface area contributed by atoms with Gasteiger partial charge in [-0.25, -0.2) is 0 Å². The fourth-order valence-electron chi connectivity index (χ4n) is 1.85. The Morgan fingerprint density at radius 3 is 2.53 bits per heavy atom. The molecule has 0 aromatic heterocycles. The van der Waals surface area contributed by atoms with Crippen molar-refractivity contribution in [2.24, 2.45) is 0 Å². The minimum atomic E-state index is -4.72. The third kappa shape index (κ3) is 4.13. The Balaban J connectivity index is 1.95. The lowest BCUT2D eigenvalue weighted by molar-refractivity contribution is -0.274. The molecule has 1 aromatic carbocycles. The lowest BCUT2D eigenvalue weighted by Gasteiger charge is -2.12. The standard InChI is InChI=1S/C12H13F3N2O2/c13-12(14,15)19-10-3-1-8(2-4-10)11(18)17-9-5-6-16-7-9/h1-4,9,16H,5-7H2,(H,17,18)/t9-/m0/s1. The summed E-state index contributed by atoms with van der Waals surface area (Å²) in [5.41, 5.74) is 0.307. The number of nitrogens with one attached hydrogen (secondary N) is 2. The van der Waals surface area contributed by atoms with Gasteiger partial charge >= 0.3 is 6.36 Å². The number of ether oxygens (including phenoxy) is 1. The molecule has 4 nitrogen and oxygen atoms in total. The second kappa shape index (κ2) is 5.48. The normalized spacial score (nSPS) is 19.2. The maximum Gasteiger partial charge on any atom is 0.573 e. The predicted octanol–water partition coefficient (Wildman–Crippen LogP) is 1.68. The van der Waals surface area contributed by atoms with Crippen LogP contribution in [0.3, 0.4) is 0 Å². The number of carbonyl (C=O) groups excluding carboxylic acids is 1. The Morgan fingerprint density at radius 2 is 2.00 bits per heavy atom. The van der Waals surface area contributed by atoms with E-state index in [-0.39, 0.29) is 17.7 Å². The Kier molecular flexibility index (Phi) is 3.94. The molecule has 7 heteroatoms. The van der Waals surface area contributed by atoms with Crippen LogP contribution in [-0.2, 0) is 0 Å². The first-order valence-corrected chi connectivity index (χ1v) is 5.81. The monoisotopic (exact) mass is 274 g/mol. The zero-order chi connectivity index (χ0) is 13.9. The van der Waals surface area contributed by atoms with Gasteiger partial charge in [-0.3, -0.25) is 4.79 Å². The van der Waals surface area contributed by atoms with Crippen molar-refractivity contribution in [3.63, 3.8) is 0 Å². The molecular weight excluding hydrogens is 261 g/mol. The first kappa shape index (κ1) is 13.7. The molecule has 0 saturated carbocycles. The van der Waals surface area contributed by atoms with Crippen LogP contribution in [-0.4, -0.2) is 31.4 Å². The summed E-state index contributed by atoms with van der Waals surface area (Å²) in [4.78, 5) is 11.8. The molecule has 1 amide bonds. The maximum absolute atomic E-state index is 12.0.